The molecule has 22 heavy (non-hydrogen) atoms. The molecule has 0 nitrogen and oxygen atoms in total. The number of hydrogen-bond acceptors (Lipinski definition) is 0. The molecule has 0 saturated carbocycles. The third-order valence-electron chi connectivity index (χ3n) is 3.80. The van der Waals surface area contributed by atoms with E-state index in [1.807, 2.05) is 0 Å². The van der Waals surface area contributed by atoms with Gasteiger partial charge in [0.05, 0.1) is 0 Å². The molecule has 0 radical (unpaired) electrons. The van der Waals surface area contributed by atoms with Crippen LogP contribution in [0.15, 0.2) is 54.1 Å². The van der Waals surface area contributed by atoms with Gasteiger partial charge in [0.2, 0.25) is 0 Å². The van der Waals surface area contributed by atoms with Crippen LogP contribution in [0.5, 0.6) is 0 Å². The third kappa shape index (κ3) is 4.03. The molecule has 0 aromatic heterocycles. The van der Waals surface area contributed by atoms with Crippen LogP contribution in [0.4, 0.5) is 0 Å². The topological polar surface area (TPSA) is 0 Å². The Morgan fingerprint density at radius 1 is 0.909 bits per heavy atom. The fourth-order valence-corrected chi connectivity index (χ4v) is 11.8. The maximum Gasteiger partial charge on any atom is -1.00 e. The van der Waals surface area contributed by atoms with Crippen molar-refractivity contribution in [2.45, 2.75) is 23.6 Å². The zero-order valence-electron chi connectivity index (χ0n) is 13.0. The second-order valence-corrected chi connectivity index (χ2v) is 18.9. The van der Waals surface area contributed by atoms with Gasteiger partial charge in [-0.1, -0.05) is 0 Å². The van der Waals surface area contributed by atoms with Crippen molar-refractivity contribution in [1.29, 1.82) is 0 Å². The Morgan fingerprint density at radius 3 is 2.23 bits per heavy atom. The van der Waals surface area contributed by atoms with Crippen molar-refractivity contribution in [2.75, 3.05) is 0 Å². The van der Waals surface area contributed by atoms with Crippen LogP contribution >= 0.6 is 0 Å². The fourth-order valence-electron chi connectivity index (χ4n) is 2.90. The van der Waals surface area contributed by atoms with Gasteiger partial charge in [0, 0.05) is 0 Å². The molecule has 0 fully saturated rings. The van der Waals surface area contributed by atoms with E-state index < -0.39 is 0 Å². The summed E-state index contributed by atoms with van der Waals surface area (Å²) in [4.78, 5) is 0. The summed E-state index contributed by atoms with van der Waals surface area (Å²) >= 11 is -0.296. The van der Waals surface area contributed by atoms with Crippen LogP contribution in [-0.4, -0.2) is 5.43 Å². The summed E-state index contributed by atoms with van der Waals surface area (Å²) in [7, 11) is 0. The summed E-state index contributed by atoms with van der Waals surface area (Å²) in [5, 5.41) is 0. The Labute approximate surface area is 157 Å². The summed E-state index contributed by atoms with van der Waals surface area (Å²) in [5.74, 6) is 0. The molecule has 1 aliphatic rings. The first-order valence-electron chi connectivity index (χ1n) is 7.10. The van der Waals surface area contributed by atoms with Crippen LogP contribution in [0, 0.1) is 0 Å². The van der Waals surface area contributed by atoms with E-state index in [4.69, 9.17) is 0 Å². The van der Waals surface area contributed by atoms with Gasteiger partial charge in [0.25, 0.3) is 0 Å². The maximum absolute atomic E-state index is 2.49. The van der Waals surface area contributed by atoms with Gasteiger partial charge in [0.1, 0.15) is 0 Å². The van der Waals surface area contributed by atoms with E-state index in [1.165, 1.54) is 16.7 Å². The van der Waals surface area contributed by atoms with Gasteiger partial charge in [-0.3, -0.25) is 0 Å². The summed E-state index contributed by atoms with van der Waals surface area (Å²) < 4.78 is 0.821. The molecule has 0 heterocycles. The van der Waals surface area contributed by atoms with Crippen LogP contribution in [0.2, 0.25) is 13.1 Å². The maximum atomic E-state index is 2.49. The van der Waals surface area contributed by atoms with E-state index >= 15 is 0 Å². The van der Waals surface area contributed by atoms with Gasteiger partial charge < -0.3 is 24.8 Å². The number of fused-ring (bicyclic) bond motifs is 1. The number of benzene rings is 2. The Kier molecular flexibility index (Phi) is 7.82. The van der Waals surface area contributed by atoms with Gasteiger partial charge in [-0.05, 0) is 0 Å². The van der Waals surface area contributed by atoms with E-state index in [1.54, 1.807) is 11.1 Å². The third-order valence-corrected chi connectivity index (χ3v) is 12.9. The largest absolute Gasteiger partial charge is 1.00 e. The molecule has 0 spiro atoms. The summed E-state index contributed by atoms with van der Waals surface area (Å²) in [6.45, 7) is 7.32. The monoisotopic (exact) mass is 423 g/mol. The minimum atomic E-state index is -0.296. The standard InChI is InChI=1S/C16H13.C2H6Si.2ClH.Zr/c1-12-10-14-8-5-9-15(16(14)11-12)13-6-3-2-4-7-13;1-3-2;;;/h2-11H,1H3;1-2H3;2*1H;/q;;;;+2/p-2. The van der Waals surface area contributed by atoms with Crippen molar-refractivity contribution >= 4 is 11.5 Å². The molecule has 1 atom stereocenters. The quantitative estimate of drug-likeness (QED) is 0.551. The van der Waals surface area contributed by atoms with Crippen LogP contribution in [0.3, 0.4) is 0 Å². The molecule has 113 valence electrons. The summed E-state index contributed by atoms with van der Waals surface area (Å²) in [6.07, 6.45) is 2.45. The molecule has 0 amide bonds. The van der Waals surface area contributed by atoms with Crippen LogP contribution in [0.25, 0.3) is 17.2 Å². The second kappa shape index (κ2) is 8.64. The number of rotatable bonds is 2. The predicted octanol–water partition coefficient (Wildman–Crippen LogP) is -0.847. The average Bonchev–Trinajstić information content (AvgIpc) is 2.76. The molecule has 0 bridgehead atoms. The molecule has 0 saturated heterocycles. The zero-order chi connectivity index (χ0) is 14.1. The van der Waals surface area contributed by atoms with Gasteiger partial charge in [-0.15, -0.1) is 0 Å². The molecule has 1 aliphatic carbocycles. The van der Waals surface area contributed by atoms with Gasteiger partial charge in [0.15, 0.2) is 0 Å². The molecular formula is C18H19Cl2SiZr. The summed E-state index contributed by atoms with van der Waals surface area (Å²) in [5.41, 5.74) is 7.43. The number of halogens is 2. The normalized spacial score (nSPS) is 14.9. The van der Waals surface area contributed by atoms with E-state index in [2.05, 4.69) is 74.6 Å². The molecule has 2 aromatic rings. The first-order chi connectivity index (χ1) is 9.66. The van der Waals surface area contributed by atoms with Crippen molar-refractivity contribution in [1.82, 2.24) is 0 Å². The van der Waals surface area contributed by atoms with Crippen LogP contribution < -0.4 is 24.8 Å². The molecule has 0 N–H and O–H groups in total. The first kappa shape index (κ1) is 19.9. The second-order valence-electron chi connectivity index (χ2n) is 5.64. The number of allylic oxidation sites excluding steroid dienone is 1. The molecule has 0 aliphatic heterocycles. The molecule has 2 aromatic carbocycles. The van der Waals surface area contributed by atoms with Crippen molar-refractivity contribution < 1.29 is 46.7 Å². The smallest absolute Gasteiger partial charge is 1.00 e. The number of hydrogen-bond donors (Lipinski definition) is 0. The first-order valence-corrected chi connectivity index (χ1v) is 14.7. The van der Waals surface area contributed by atoms with E-state index in [9.17, 15) is 0 Å². The predicted molar refractivity (Wildman–Crippen MR) is 85.8 cm³/mol. The fraction of sp³-hybridized carbons (Fsp3) is 0.222. The summed E-state index contributed by atoms with van der Waals surface area (Å²) in [6, 6.07) is 17.7. The molecule has 3 rings (SSSR count). The minimum absolute atomic E-state index is 0. The van der Waals surface area contributed by atoms with Crippen molar-refractivity contribution in [3.63, 3.8) is 0 Å². The van der Waals surface area contributed by atoms with Crippen LogP contribution in [0.1, 0.15) is 21.7 Å². The SMILES string of the molecule is CC1=Cc2c(-c3ccccc3)cccc2[CH]1[Zr+2]=[Si](C)C.[Cl-].[Cl-]. The van der Waals surface area contributed by atoms with Gasteiger partial charge in [-0.25, -0.2) is 0 Å². The van der Waals surface area contributed by atoms with Crippen LogP contribution in [-0.2, 0) is 21.9 Å². The van der Waals surface area contributed by atoms with Crippen molar-refractivity contribution in [3.05, 3.63) is 65.2 Å². The average molecular weight is 426 g/mol. The Bertz CT molecular complexity index is 704. The Hall–Kier alpha value is -0.140. The minimum Gasteiger partial charge on any atom is -1.00 e. The van der Waals surface area contributed by atoms with Gasteiger partial charge in [-0.2, -0.15) is 0 Å². The van der Waals surface area contributed by atoms with E-state index in [0.717, 1.165) is 3.63 Å². The molecule has 4 heteroatoms. The van der Waals surface area contributed by atoms with Gasteiger partial charge >= 0.3 is 133 Å². The van der Waals surface area contributed by atoms with E-state index in [0.29, 0.717) is 0 Å². The Morgan fingerprint density at radius 2 is 1.59 bits per heavy atom. The molecular weight excluding hydrogens is 406 g/mol. The van der Waals surface area contributed by atoms with Crippen molar-refractivity contribution in [3.8, 4) is 11.1 Å². The molecule has 1 unspecified atom stereocenters. The Balaban J connectivity index is 0.00000121. The van der Waals surface area contributed by atoms with Crippen molar-refractivity contribution in [2.24, 2.45) is 0 Å². The zero-order valence-corrected chi connectivity index (χ0v) is 18.0. The van der Waals surface area contributed by atoms with E-state index in [-0.39, 0.29) is 52.1 Å².